The van der Waals surface area contributed by atoms with E-state index in [-0.39, 0.29) is 29.5 Å². The van der Waals surface area contributed by atoms with E-state index in [0.717, 1.165) is 21.9 Å². The first-order valence-electron chi connectivity index (χ1n) is 10.8. The van der Waals surface area contributed by atoms with Crippen molar-refractivity contribution in [3.05, 3.63) is 76.5 Å². The number of aromatic nitrogens is 1. The van der Waals surface area contributed by atoms with E-state index in [4.69, 9.17) is 20.6 Å². The van der Waals surface area contributed by atoms with E-state index in [9.17, 15) is 4.79 Å². The molecule has 1 aromatic carbocycles. The standard InChI is InChI=1S/C25H32N4O3S/c1-16(19(24(30)32-4)13-17-8-7-9-18(12-17)22(26)27)29-23(31-3)20-14-25(2,15-33-20)21-10-5-6-11-28-21/h5-12,14,16,19,23,29H,13,15H2,1-4H3,(H3,26,27). The Morgan fingerprint density at radius 2 is 2.09 bits per heavy atom. The molecule has 1 aliphatic heterocycles. The number of carbonyl (C=O) groups excluding carboxylic acids is 1. The molecule has 0 radical (unpaired) electrons. The van der Waals surface area contributed by atoms with Crippen molar-refractivity contribution in [2.45, 2.75) is 38.0 Å². The third kappa shape index (κ3) is 6.01. The van der Waals surface area contributed by atoms with E-state index in [1.165, 1.54) is 7.11 Å². The van der Waals surface area contributed by atoms with Gasteiger partial charge >= 0.3 is 5.97 Å². The Labute approximate surface area is 199 Å². The highest BCUT2D eigenvalue weighted by atomic mass is 32.2. The number of hydrogen-bond acceptors (Lipinski definition) is 7. The summed E-state index contributed by atoms with van der Waals surface area (Å²) in [5.41, 5.74) is 8.01. The third-order valence-electron chi connectivity index (χ3n) is 5.96. The van der Waals surface area contributed by atoms with Crippen LogP contribution in [0.3, 0.4) is 0 Å². The van der Waals surface area contributed by atoms with Gasteiger partial charge in [0.05, 0.1) is 18.7 Å². The topological polar surface area (TPSA) is 110 Å². The van der Waals surface area contributed by atoms with Crippen molar-refractivity contribution in [2.24, 2.45) is 11.7 Å². The highest BCUT2D eigenvalue weighted by molar-refractivity contribution is 8.03. The maximum Gasteiger partial charge on any atom is 0.310 e. The van der Waals surface area contributed by atoms with Crippen LogP contribution in [-0.2, 0) is 26.1 Å². The summed E-state index contributed by atoms with van der Waals surface area (Å²) in [5.74, 6) is 0.125. The molecule has 176 valence electrons. The number of esters is 1. The average molecular weight is 469 g/mol. The molecule has 2 heterocycles. The van der Waals surface area contributed by atoms with Gasteiger partial charge in [0.25, 0.3) is 0 Å². The zero-order valence-corrected chi connectivity index (χ0v) is 20.3. The highest BCUT2D eigenvalue weighted by Gasteiger charge is 2.36. The van der Waals surface area contributed by atoms with Crippen LogP contribution in [0.1, 0.15) is 30.7 Å². The maximum absolute atomic E-state index is 12.7. The number of rotatable bonds is 10. The summed E-state index contributed by atoms with van der Waals surface area (Å²) in [6.45, 7) is 4.13. The Hall–Kier alpha value is -2.68. The fourth-order valence-corrected chi connectivity index (χ4v) is 5.34. The van der Waals surface area contributed by atoms with Crippen molar-refractivity contribution in [3.8, 4) is 0 Å². The number of nitrogen functional groups attached to an aromatic ring is 1. The van der Waals surface area contributed by atoms with Crippen LogP contribution in [0.2, 0.25) is 0 Å². The molecule has 4 atom stereocenters. The Kier molecular flexibility index (Phi) is 8.29. The average Bonchev–Trinajstić information content (AvgIpc) is 3.24. The number of amidine groups is 1. The second-order valence-electron chi connectivity index (χ2n) is 8.49. The molecule has 4 N–H and O–H groups in total. The number of nitrogens with zero attached hydrogens (tertiary/aromatic N) is 1. The van der Waals surface area contributed by atoms with Crippen molar-refractivity contribution in [2.75, 3.05) is 20.0 Å². The normalized spacial score (nSPS) is 20.5. The molecule has 0 saturated carbocycles. The van der Waals surface area contributed by atoms with E-state index in [1.54, 1.807) is 24.9 Å². The van der Waals surface area contributed by atoms with Gasteiger partial charge in [0, 0.05) is 41.0 Å². The first-order chi connectivity index (χ1) is 15.8. The summed E-state index contributed by atoms with van der Waals surface area (Å²) in [6, 6.07) is 13.1. The van der Waals surface area contributed by atoms with E-state index in [2.05, 4.69) is 23.3 Å². The number of methoxy groups -OCH3 is 2. The number of thioether (sulfide) groups is 1. The van der Waals surface area contributed by atoms with Crippen LogP contribution in [-0.4, -0.2) is 49.0 Å². The predicted octanol–water partition coefficient (Wildman–Crippen LogP) is 3.24. The van der Waals surface area contributed by atoms with Crippen molar-refractivity contribution in [3.63, 3.8) is 0 Å². The van der Waals surface area contributed by atoms with Gasteiger partial charge in [-0.1, -0.05) is 30.3 Å². The van der Waals surface area contributed by atoms with Crippen LogP contribution in [0, 0.1) is 11.3 Å². The molecule has 0 fully saturated rings. The molecule has 0 saturated heterocycles. The zero-order chi connectivity index (χ0) is 24.0. The van der Waals surface area contributed by atoms with Gasteiger partial charge in [-0.05, 0) is 44.0 Å². The van der Waals surface area contributed by atoms with Gasteiger partial charge in [0.15, 0.2) is 0 Å². The lowest BCUT2D eigenvalue weighted by Crippen LogP contribution is -2.46. The summed E-state index contributed by atoms with van der Waals surface area (Å²) in [6.07, 6.45) is 4.12. The van der Waals surface area contributed by atoms with E-state index >= 15 is 0 Å². The number of carbonyl (C=O) groups is 1. The minimum atomic E-state index is -0.441. The molecule has 3 rings (SSSR count). The zero-order valence-electron chi connectivity index (χ0n) is 19.5. The molecule has 8 heteroatoms. The molecular formula is C25H32N4O3S. The summed E-state index contributed by atoms with van der Waals surface area (Å²) in [4.78, 5) is 18.3. The Bertz CT molecular complexity index is 1010. The van der Waals surface area contributed by atoms with E-state index in [0.29, 0.717) is 12.0 Å². The Balaban J connectivity index is 1.77. The molecule has 33 heavy (non-hydrogen) atoms. The lowest BCUT2D eigenvalue weighted by Gasteiger charge is -2.28. The minimum absolute atomic E-state index is 0.00163. The molecule has 2 aromatic rings. The van der Waals surface area contributed by atoms with Crippen LogP contribution in [0.4, 0.5) is 0 Å². The Morgan fingerprint density at radius 1 is 1.30 bits per heavy atom. The summed E-state index contributed by atoms with van der Waals surface area (Å²) >= 11 is 1.73. The van der Waals surface area contributed by atoms with Gasteiger partial charge < -0.3 is 15.2 Å². The first-order valence-corrected chi connectivity index (χ1v) is 11.8. The lowest BCUT2D eigenvalue weighted by atomic mass is 9.88. The molecule has 0 bridgehead atoms. The van der Waals surface area contributed by atoms with Crippen molar-refractivity contribution in [1.82, 2.24) is 10.3 Å². The number of benzene rings is 1. The lowest BCUT2D eigenvalue weighted by molar-refractivity contribution is -0.146. The quantitative estimate of drug-likeness (QED) is 0.212. The van der Waals surface area contributed by atoms with Crippen LogP contribution in [0.5, 0.6) is 0 Å². The molecule has 1 aromatic heterocycles. The fraction of sp³-hybridized carbons (Fsp3) is 0.400. The van der Waals surface area contributed by atoms with Gasteiger partial charge in [0.1, 0.15) is 12.1 Å². The van der Waals surface area contributed by atoms with Gasteiger partial charge in [-0.15, -0.1) is 11.8 Å². The summed E-state index contributed by atoms with van der Waals surface area (Å²) in [5, 5.41) is 11.1. The summed E-state index contributed by atoms with van der Waals surface area (Å²) < 4.78 is 10.9. The second kappa shape index (κ2) is 11.0. The minimum Gasteiger partial charge on any atom is -0.469 e. The number of allylic oxidation sites excluding steroid dienone is 1. The molecule has 0 spiro atoms. The van der Waals surface area contributed by atoms with Crippen molar-refractivity contribution >= 4 is 23.6 Å². The monoisotopic (exact) mass is 468 g/mol. The van der Waals surface area contributed by atoms with Crippen LogP contribution >= 0.6 is 11.8 Å². The maximum atomic E-state index is 12.7. The molecule has 0 aliphatic carbocycles. The van der Waals surface area contributed by atoms with E-state index in [1.807, 2.05) is 49.5 Å². The van der Waals surface area contributed by atoms with Crippen LogP contribution < -0.4 is 11.1 Å². The van der Waals surface area contributed by atoms with Gasteiger partial charge in [-0.2, -0.15) is 0 Å². The third-order valence-corrected chi connectivity index (χ3v) is 7.37. The number of pyridine rings is 1. The second-order valence-corrected chi connectivity index (χ2v) is 9.54. The number of hydrogen-bond donors (Lipinski definition) is 3. The molecule has 4 unspecified atom stereocenters. The first kappa shape index (κ1) is 25.0. The summed E-state index contributed by atoms with van der Waals surface area (Å²) in [7, 11) is 3.06. The van der Waals surface area contributed by atoms with Gasteiger partial charge in [-0.3, -0.25) is 20.5 Å². The number of nitrogens with one attached hydrogen (secondary N) is 2. The van der Waals surface area contributed by atoms with Gasteiger partial charge in [-0.25, -0.2) is 0 Å². The molecule has 0 amide bonds. The van der Waals surface area contributed by atoms with Crippen LogP contribution in [0.25, 0.3) is 0 Å². The molecular weight excluding hydrogens is 436 g/mol. The Morgan fingerprint density at radius 3 is 2.73 bits per heavy atom. The van der Waals surface area contributed by atoms with E-state index < -0.39 is 5.92 Å². The number of nitrogens with two attached hydrogens (primary N) is 1. The SMILES string of the molecule is COC(=O)C(Cc1cccc(C(=N)N)c1)C(C)NC(OC)C1=CC(C)(c2ccccn2)CS1. The highest BCUT2D eigenvalue weighted by Crippen LogP contribution is 2.41. The number of ether oxygens (including phenoxy) is 2. The largest absolute Gasteiger partial charge is 0.469 e. The molecule has 1 aliphatic rings. The van der Waals surface area contributed by atoms with Crippen molar-refractivity contribution < 1.29 is 14.3 Å². The van der Waals surface area contributed by atoms with Gasteiger partial charge in [0.2, 0.25) is 0 Å². The molecule has 7 nitrogen and oxygen atoms in total. The van der Waals surface area contributed by atoms with Crippen molar-refractivity contribution in [1.29, 1.82) is 5.41 Å². The smallest absolute Gasteiger partial charge is 0.310 e. The fourth-order valence-electron chi connectivity index (χ4n) is 3.99. The van der Waals surface area contributed by atoms with Crippen LogP contribution in [0.15, 0.2) is 59.6 Å². The predicted molar refractivity (Wildman–Crippen MR) is 132 cm³/mol.